The van der Waals surface area contributed by atoms with E-state index in [0.717, 1.165) is 49.3 Å². The summed E-state index contributed by atoms with van der Waals surface area (Å²) >= 11 is 5.35. The summed E-state index contributed by atoms with van der Waals surface area (Å²) in [6.45, 7) is 2.94. The lowest BCUT2D eigenvalue weighted by Crippen LogP contribution is -1.98. The van der Waals surface area contributed by atoms with Crippen LogP contribution in [0.15, 0.2) is 29.4 Å². The van der Waals surface area contributed by atoms with Gasteiger partial charge >= 0.3 is 0 Å². The van der Waals surface area contributed by atoms with Gasteiger partial charge in [-0.25, -0.2) is 5.10 Å². The molecule has 0 atom stereocenters. The molecule has 0 aliphatic heterocycles. The number of hydrogen-bond acceptors (Lipinski definition) is 5. The van der Waals surface area contributed by atoms with Crippen molar-refractivity contribution < 1.29 is 4.74 Å². The summed E-state index contributed by atoms with van der Waals surface area (Å²) in [5.74, 6) is 1.51. The Kier molecular flexibility index (Phi) is 5.66. The highest BCUT2D eigenvalue weighted by atomic mass is 32.1. The van der Waals surface area contributed by atoms with Gasteiger partial charge in [0.15, 0.2) is 0 Å². The Morgan fingerprint density at radius 1 is 1.18 bits per heavy atom. The average Bonchev–Trinajstić information content (AvgIpc) is 3.41. The summed E-state index contributed by atoms with van der Waals surface area (Å²) in [5, 5.41) is 19.2. The third kappa shape index (κ3) is 3.91. The molecule has 0 amide bonds. The molecule has 146 valence electrons. The Morgan fingerprint density at radius 3 is 2.86 bits per heavy atom. The number of fused-ring (bicyclic) bond motifs is 1. The van der Waals surface area contributed by atoms with E-state index in [4.69, 9.17) is 17.0 Å². The van der Waals surface area contributed by atoms with Gasteiger partial charge in [0, 0.05) is 11.3 Å². The molecule has 0 saturated heterocycles. The van der Waals surface area contributed by atoms with Crippen LogP contribution in [0.3, 0.4) is 0 Å². The van der Waals surface area contributed by atoms with Gasteiger partial charge in [-0.3, -0.25) is 5.10 Å². The Labute approximate surface area is 168 Å². The van der Waals surface area contributed by atoms with Crippen LogP contribution in [0.5, 0.6) is 5.75 Å². The zero-order chi connectivity index (χ0) is 19.3. The molecule has 1 aliphatic carbocycles. The van der Waals surface area contributed by atoms with E-state index < -0.39 is 0 Å². The van der Waals surface area contributed by atoms with Crippen LogP contribution in [-0.2, 0) is 12.8 Å². The van der Waals surface area contributed by atoms with Gasteiger partial charge in [-0.15, -0.1) is 0 Å². The summed E-state index contributed by atoms with van der Waals surface area (Å²) < 4.78 is 7.82. The topological polar surface area (TPSA) is 83.9 Å². The van der Waals surface area contributed by atoms with Crippen LogP contribution in [0.4, 0.5) is 0 Å². The molecule has 7 nitrogen and oxygen atoms in total. The molecule has 0 spiro atoms. The van der Waals surface area contributed by atoms with E-state index in [1.807, 2.05) is 24.3 Å². The Bertz CT molecular complexity index is 1010. The second-order valence-corrected chi connectivity index (χ2v) is 7.30. The molecule has 0 unspecified atom stereocenters. The zero-order valence-electron chi connectivity index (χ0n) is 15.9. The molecule has 0 fully saturated rings. The minimum absolute atomic E-state index is 0.442. The molecule has 1 aliphatic rings. The lowest BCUT2D eigenvalue weighted by atomic mass is 10.2. The van der Waals surface area contributed by atoms with E-state index in [2.05, 4.69) is 32.4 Å². The Balaban J connectivity index is 1.49. The van der Waals surface area contributed by atoms with Gasteiger partial charge in [0.05, 0.1) is 12.8 Å². The molecule has 2 heterocycles. The first-order valence-corrected chi connectivity index (χ1v) is 10.2. The maximum Gasteiger partial charge on any atom is 0.216 e. The monoisotopic (exact) mass is 396 g/mol. The fourth-order valence-electron chi connectivity index (χ4n) is 3.37. The van der Waals surface area contributed by atoms with Gasteiger partial charge in [-0.05, 0) is 67.7 Å². The highest BCUT2D eigenvalue weighted by molar-refractivity contribution is 7.71. The van der Waals surface area contributed by atoms with E-state index in [0.29, 0.717) is 10.6 Å². The second kappa shape index (κ2) is 8.52. The molecule has 2 N–H and O–H groups in total. The predicted octanol–water partition coefficient (Wildman–Crippen LogP) is 4.27. The van der Waals surface area contributed by atoms with Crippen LogP contribution in [-0.4, -0.2) is 37.9 Å². The lowest BCUT2D eigenvalue weighted by molar-refractivity contribution is 0.306. The molecule has 2 aromatic heterocycles. The van der Waals surface area contributed by atoms with Crippen LogP contribution >= 0.6 is 12.2 Å². The van der Waals surface area contributed by atoms with E-state index in [1.165, 1.54) is 24.1 Å². The molecule has 1 aromatic carbocycles. The summed E-state index contributed by atoms with van der Waals surface area (Å²) in [4.78, 5) is 0. The molecule has 0 radical (unpaired) electrons. The van der Waals surface area contributed by atoms with E-state index >= 15 is 0 Å². The van der Waals surface area contributed by atoms with Gasteiger partial charge < -0.3 is 4.74 Å². The molecule has 0 saturated carbocycles. The first-order chi connectivity index (χ1) is 13.8. The smallest absolute Gasteiger partial charge is 0.216 e. The van der Waals surface area contributed by atoms with Crippen LogP contribution < -0.4 is 4.74 Å². The number of ether oxygens (including phenoxy) is 1. The normalized spacial score (nSPS) is 13.3. The van der Waals surface area contributed by atoms with Crippen molar-refractivity contribution in [3.8, 4) is 17.3 Å². The number of nitrogens with zero attached hydrogens (tertiary/aromatic N) is 4. The minimum Gasteiger partial charge on any atom is -0.494 e. The number of hydrogen-bond donors (Lipinski definition) is 2. The summed E-state index contributed by atoms with van der Waals surface area (Å²) in [7, 11) is 0. The van der Waals surface area contributed by atoms with E-state index in [9.17, 15) is 0 Å². The SMILES string of the molecule is CCCCCOc1ccc(/C=N\n2c(-c3n[nH]c4c3CCC4)n[nH]c2=S)cc1. The van der Waals surface area contributed by atoms with Crippen molar-refractivity contribution in [2.75, 3.05) is 6.61 Å². The predicted molar refractivity (Wildman–Crippen MR) is 111 cm³/mol. The minimum atomic E-state index is 0.442. The van der Waals surface area contributed by atoms with Gasteiger partial charge in [0.2, 0.25) is 10.6 Å². The van der Waals surface area contributed by atoms with Crippen molar-refractivity contribution in [3.63, 3.8) is 0 Å². The third-order valence-corrected chi connectivity index (χ3v) is 5.15. The average molecular weight is 397 g/mol. The number of unbranched alkanes of at least 4 members (excludes halogenated alkanes) is 2. The molecule has 8 heteroatoms. The summed E-state index contributed by atoms with van der Waals surface area (Å²) in [6.07, 6.45) is 8.41. The molecular weight excluding hydrogens is 372 g/mol. The van der Waals surface area contributed by atoms with Crippen molar-refractivity contribution in [1.82, 2.24) is 25.1 Å². The fourth-order valence-corrected chi connectivity index (χ4v) is 3.55. The molecule has 28 heavy (non-hydrogen) atoms. The number of nitrogens with one attached hydrogen (secondary N) is 2. The van der Waals surface area contributed by atoms with Gasteiger partial charge in [0.1, 0.15) is 11.4 Å². The third-order valence-electron chi connectivity index (χ3n) is 4.89. The van der Waals surface area contributed by atoms with Gasteiger partial charge in [-0.2, -0.15) is 20.0 Å². The van der Waals surface area contributed by atoms with E-state index in [1.54, 1.807) is 10.9 Å². The summed E-state index contributed by atoms with van der Waals surface area (Å²) in [6, 6.07) is 7.88. The van der Waals surface area contributed by atoms with Gasteiger partial charge in [0.25, 0.3) is 0 Å². The number of H-pyrrole nitrogens is 2. The van der Waals surface area contributed by atoms with Crippen molar-refractivity contribution in [2.24, 2.45) is 5.10 Å². The standard InChI is InChI=1S/C20H24N6OS/c1-2-3-4-12-27-15-10-8-14(9-11-15)13-21-26-19(24-25-20(26)28)18-16-6-5-7-17(16)22-23-18/h8-11,13H,2-7,12H2,1H3,(H,22,23)(H,25,28)/b21-13-. The maximum atomic E-state index is 5.75. The number of aromatic amines is 2. The largest absolute Gasteiger partial charge is 0.494 e. The van der Waals surface area contributed by atoms with Crippen molar-refractivity contribution in [2.45, 2.75) is 45.4 Å². The lowest BCUT2D eigenvalue weighted by Gasteiger charge is -2.05. The van der Waals surface area contributed by atoms with Crippen molar-refractivity contribution in [3.05, 3.63) is 45.9 Å². The summed E-state index contributed by atoms with van der Waals surface area (Å²) in [5.41, 5.74) is 4.19. The number of aryl methyl sites for hydroxylation is 1. The quantitative estimate of drug-likeness (QED) is 0.338. The number of rotatable bonds is 8. The number of aromatic nitrogens is 5. The van der Waals surface area contributed by atoms with Gasteiger partial charge in [-0.1, -0.05) is 19.8 Å². The second-order valence-electron chi connectivity index (χ2n) is 6.92. The van der Waals surface area contributed by atoms with Crippen LogP contribution in [0, 0.1) is 4.77 Å². The molecule has 0 bridgehead atoms. The molecular formula is C20H24N6OS. The maximum absolute atomic E-state index is 5.75. The van der Waals surface area contributed by atoms with Crippen LogP contribution in [0.25, 0.3) is 11.5 Å². The van der Waals surface area contributed by atoms with E-state index in [-0.39, 0.29) is 0 Å². The van der Waals surface area contributed by atoms with Crippen LogP contribution in [0.2, 0.25) is 0 Å². The van der Waals surface area contributed by atoms with Crippen molar-refractivity contribution >= 4 is 18.4 Å². The fraction of sp³-hybridized carbons (Fsp3) is 0.400. The Hall–Kier alpha value is -2.74. The first-order valence-electron chi connectivity index (χ1n) is 9.77. The molecule has 4 rings (SSSR count). The first kappa shape index (κ1) is 18.6. The zero-order valence-corrected chi connectivity index (χ0v) is 16.8. The van der Waals surface area contributed by atoms with Crippen LogP contribution in [0.1, 0.15) is 49.4 Å². The molecule has 3 aromatic rings. The highest BCUT2D eigenvalue weighted by Crippen LogP contribution is 2.29. The Morgan fingerprint density at radius 2 is 2.04 bits per heavy atom. The highest BCUT2D eigenvalue weighted by Gasteiger charge is 2.23. The number of benzene rings is 1. The van der Waals surface area contributed by atoms with Crippen molar-refractivity contribution in [1.29, 1.82) is 0 Å².